The second kappa shape index (κ2) is 7.02. The molecule has 2 fully saturated rings. The number of nitriles is 1. The van der Waals surface area contributed by atoms with E-state index in [1.165, 1.54) is 5.56 Å². The van der Waals surface area contributed by atoms with Crippen LogP contribution in [0.15, 0.2) is 42.5 Å². The van der Waals surface area contributed by atoms with Crippen LogP contribution in [0.3, 0.4) is 0 Å². The predicted octanol–water partition coefficient (Wildman–Crippen LogP) is 2.93. The highest BCUT2D eigenvalue weighted by molar-refractivity contribution is 5.54. The van der Waals surface area contributed by atoms with E-state index >= 15 is 0 Å². The molecule has 2 aromatic rings. The van der Waals surface area contributed by atoms with E-state index in [1.54, 1.807) is 11.0 Å². The quantitative estimate of drug-likeness (QED) is 0.849. The molecule has 0 spiro atoms. The van der Waals surface area contributed by atoms with Crippen LogP contribution in [-0.2, 0) is 11.3 Å². The topological polar surface area (TPSA) is 39.5 Å². The summed E-state index contributed by atoms with van der Waals surface area (Å²) >= 11 is 0. The fourth-order valence-corrected chi connectivity index (χ4v) is 3.89. The first-order chi connectivity index (χ1) is 12.7. The summed E-state index contributed by atoms with van der Waals surface area (Å²) in [6.45, 7) is 3.13. The first-order valence-corrected chi connectivity index (χ1v) is 8.69. The summed E-state index contributed by atoms with van der Waals surface area (Å²) in [7, 11) is 0. The van der Waals surface area contributed by atoms with Crippen molar-refractivity contribution in [2.45, 2.75) is 18.7 Å². The molecule has 26 heavy (non-hydrogen) atoms. The highest BCUT2D eigenvalue weighted by Gasteiger charge is 2.41. The molecule has 4 nitrogen and oxygen atoms in total. The average molecular weight is 355 g/mol. The molecule has 134 valence electrons. The van der Waals surface area contributed by atoms with Crippen LogP contribution in [0.25, 0.3) is 0 Å². The van der Waals surface area contributed by atoms with Crippen LogP contribution in [0.4, 0.5) is 14.5 Å². The maximum atomic E-state index is 14.4. The third kappa shape index (κ3) is 3.16. The molecule has 2 aliphatic rings. The Balaban J connectivity index is 1.56. The van der Waals surface area contributed by atoms with E-state index in [1.807, 2.05) is 18.2 Å². The van der Waals surface area contributed by atoms with Gasteiger partial charge in [-0.25, -0.2) is 8.78 Å². The molecule has 0 aliphatic carbocycles. The van der Waals surface area contributed by atoms with Crippen molar-refractivity contribution in [3.63, 3.8) is 0 Å². The van der Waals surface area contributed by atoms with Gasteiger partial charge in [0.05, 0.1) is 30.4 Å². The molecule has 2 atom stereocenters. The maximum absolute atomic E-state index is 14.4. The minimum atomic E-state index is -0.699. The van der Waals surface area contributed by atoms with Crippen LogP contribution < -0.4 is 4.90 Å². The van der Waals surface area contributed by atoms with Crippen LogP contribution in [-0.4, -0.2) is 43.3 Å². The van der Waals surface area contributed by atoms with Gasteiger partial charge in [-0.15, -0.1) is 0 Å². The molecule has 0 radical (unpaired) electrons. The van der Waals surface area contributed by atoms with E-state index in [0.717, 1.165) is 25.2 Å². The van der Waals surface area contributed by atoms with Gasteiger partial charge in [-0.3, -0.25) is 4.90 Å². The summed E-state index contributed by atoms with van der Waals surface area (Å²) < 4.78 is 34.6. The molecule has 2 aromatic carbocycles. The van der Waals surface area contributed by atoms with Crippen molar-refractivity contribution in [3.8, 4) is 6.07 Å². The Morgan fingerprint density at radius 3 is 2.54 bits per heavy atom. The normalized spacial score (nSPS) is 22.9. The van der Waals surface area contributed by atoms with Gasteiger partial charge < -0.3 is 9.64 Å². The lowest BCUT2D eigenvalue weighted by molar-refractivity contribution is -0.0499. The third-order valence-corrected chi connectivity index (χ3v) is 5.11. The van der Waals surface area contributed by atoms with Crippen molar-refractivity contribution in [2.24, 2.45) is 0 Å². The van der Waals surface area contributed by atoms with Crippen LogP contribution in [0, 0.1) is 23.0 Å². The second-order valence-electron chi connectivity index (χ2n) is 6.74. The Hall–Kier alpha value is -2.49. The van der Waals surface area contributed by atoms with Crippen molar-refractivity contribution < 1.29 is 13.5 Å². The molecule has 0 N–H and O–H groups in total. The van der Waals surface area contributed by atoms with Gasteiger partial charge in [0.25, 0.3) is 0 Å². The Morgan fingerprint density at radius 1 is 1.12 bits per heavy atom. The van der Waals surface area contributed by atoms with E-state index in [4.69, 9.17) is 10.00 Å². The smallest absolute Gasteiger partial charge is 0.150 e. The molecule has 2 saturated heterocycles. The molecular weight excluding hydrogens is 336 g/mol. The van der Waals surface area contributed by atoms with Crippen LogP contribution in [0.1, 0.15) is 11.1 Å². The zero-order chi connectivity index (χ0) is 18.1. The van der Waals surface area contributed by atoms with Crippen molar-refractivity contribution in [1.82, 2.24) is 4.90 Å². The number of halogens is 2. The maximum Gasteiger partial charge on any atom is 0.150 e. The van der Waals surface area contributed by atoms with Crippen LogP contribution >= 0.6 is 0 Å². The van der Waals surface area contributed by atoms with Gasteiger partial charge in [0, 0.05) is 26.2 Å². The van der Waals surface area contributed by atoms with Gasteiger partial charge in [-0.2, -0.15) is 5.26 Å². The van der Waals surface area contributed by atoms with E-state index in [0.29, 0.717) is 19.7 Å². The van der Waals surface area contributed by atoms with Gasteiger partial charge in [0.2, 0.25) is 0 Å². The molecule has 2 aliphatic heterocycles. The number of ether oxygens (including phenoxy) is 1. The summed E-state index contributed by atoms with van der Waals surface area (Å²) in [5.74, 6) is -1.40. The fourth-order valence-electron chi connectivity index (χ4n) is 3.89. The highest BCUT2D eigenvalue weighted by atomic mass is 19.1. The van der Waals surface area contributed by atoms with Crippen LogP contribution in [0.5, 0.6) is 0 Å². The van der Waals surface area contributed by atoms with Gasteiger partial charge in [-0.1, -0.05) is 30.3 Å². The van der Waals surface area contributed by atoms with E-state index in [-0.39, 0.29) is 23.4 Å². The SMILES string of the molecule is N#Cc1cc(F)c(N2CC3OCCN(Cc4ccccc4)C3C2)c(F)c1. The van der Waals surface area contributed by atoms with Gasteiger partial charge >= 0.3 is 0 Å². The lowest BCUT2D eigenvalue weighted by atomic mass is 10.1. The Kier molecular flexibility index (Phi) is 4.58. The lowest BCUT2D eigenvalue weighted by Crippen LogP contribution is -2.50. The molecule has 2 unspecified atom stereocenters. The molecule has 0 aromatic heterocycles. The average Bonchev–Trinajstić information content (AvgIpc) is 3.06. The molecule has 6 heteroatoms. The highest BCUT2D eigenvalue weighted by Crippen LogP contribution is 2.32. The zero-order valence-corrected chi connectivity index (χ0v) is 14.2. The van der Waals surface area contributed by atoms with Crippen molar-refractivity contribution >= 4 is 5.69 Å². The number of nitrogens with zero attached hydrogens (tertiary/aromatic N) is 3. The summed E-state index contributed by atoms with van der Waals surface area (Å²) in [6.07, 6.45) is -0.0816. The predicted molar refractivity (Wildman–Crippen MR) is 93.7 cm³/mol. The number of hydrogen-bond donors (Lipinski definition) is 0. The van der Waals surface area contributed by atoms with E-state index in [2.05, 4.69) is 17.0 Å². The number of hydrogen-bond acceptors (Lipinski definition) is 4. The summed E-state index contributed by atoms with van der Waals surface area (Å²) in [5, 5.41) is 8.86. The monoisotopic (exact) mass is 355 g/mol. The zero-order valence-electron chi connectivity index (χ0n) is 14.2. The van der Waals surface area contributed by atoms with Gasteiger partial charge in [-0.05, 0) is 17.7 Å². The molecule has 4 rings (SSSR count). The minimum Gasteiger partial charge on any atom is -0.373 e. The largest absolute Gasteiger partial charge is 0.373 e. The van der Waals surface area contributed by atoms with E-state index < -0.39 is 11.6 Å². The number of morpholine rings is 1. The summed E-state index contributed by atoms with van der Waals surface area (Å²) in [6, 6.07) is 14.2. The first-order valence-electron chi connectivity index (χ1n) is 8.69. The second-order valence-corrected chi connectivity index (χ2v) is 6.74. The number of anilines is 1. The minimum absolute atomic E-state index is 0.0117. The standard InChI is InChI=1S/C20H19F2N3O/c21-16-8-15(10-23)9-17(22)20(16)25-12-18-19(13-25)26-7-6-24(18)11-14-4-2-1-3-5-14/h1-5,8-9,18-19H,6-7,11-13H2. The Bertz CT molecular complexity index is 814. The fraction of sp³-hybridized carbons (Fsp3) is 0.350. The molecule has 0 amide bonds. The number of rotatable bonds is 3. The number of benzene rings is 2. The van der Waals surface area contributed by atoms with Crippen molar-refractivity contribution in [3.05, 3.63) is 65.2 Å². The first kappa shape index (κ1) is 17.0. The van der Waals surface area contributed by atoms with E-state index in [9.17, 15) is 8.78 Å². The third-order valence-electron chi connectivity index (χ3n) is 5.11. The lowest BCUT2D eigenvalue weighted by Gasteiger charge is -2.36. The summed E-state index contributed by atoms with van der Waals surface area (Å²) in [5.41, 5.74) is 1.13. The van der Waals surface area contributed by atoms with Crippen LogP contribution in [0.2, 0.25) is 0 Å². The molecule has 2 heterocycles. The Morgan fingerprint density at radius 2 is 1.85 bits per heavy atom. The van der Waals surface area contributed by atoms with Gasteiger partial charge in [0.15, 0.2) is 11.6 Å². The molecule has 0 saturated carbocycles. The number of fused-ring (bicyclic) bond motifs is 1. The van der Waals surface area contributed by atoms with Gasteiger partial charge in [0.1, 0.15) is 5.69 Å². The molecule has 0 bridgehead atoms. The summed E-state index contributed by atoms with van der Waals surface area (Å²) in [4.78, 5) is 4.02. The Labute approximate surface area is 151 Å². The van der Waals surface area contributed by atoms with Crippen molar-refractivity contribution in [2.75, 3.05) is 31.1 Å². The van der Waals surface area contributed by atoms with Crippen molar-refractivity contribution in [1.29, 1.82) is 5.26 Å². The molecular formula is C20H19F2N3O.